The van der Waals surface area contributed by atoms with E-state index in [4.69, 9.17) is 11.6 Å². The highest BCUT2D eigenvalue weighted by Gasteiger charge is 2.26. The molecule has 0 aliphatic carbocycles. The first kappa shape index (κ1) is 23.5. The normalized spacial score (nSPS) is 14.3. The summed E-state index contributed by atoms with van der Waals surface area (Å²) in [6.07, 6.45) is 6.21. The summed E-state index contributed by atoms with van der Waals surface area (Å²) in [5.41, 5.74) is 2.18. The van der Waals surface area contributed by atoms with Crippen LogP contribution in [-0.4, -0.2) is 34.4 Å². The second-order valence-electron chi connectivity index (χ2n) is 8.31. The van der Waals surface area contributed by atoms with Crippen LogP contribution in [0.1, 0.15) is 24.0 Å². The van der Waals surface area contributed by atoms with E-state index in [0.29, 0.717) is 43.2 Å². The second-order valence-corrected chi connectivity index (χ2v) is 8.72. The highest BCUT2D eigenvalue weighted by Crippen LogP contribution is 2.20. The van der Waals surface area contributed by atoms with Gasteiger partial charge in [0.05, 0.1) is 12.2 Å². The van der Waals surface area contributed by atoms with Gasteiger partial charge in [0, 0.05) is 42.4 Å². The van der Waals surface area contributed by atoms with Crippen molar-refractivity contribution < 1.29 is 9.59 Å². The molecule has 34 heavy (non-hydrogen) atoms. The summed E-state index contributed by atoms with van der Waals surface area (Å²) in [4.78, 5) is 39.4. The summed E-state index contributed by atoms with van der Waals surface area (Å²) in [7, 11) is 0. The van der Waals surface area contributed by atoms with Gasteiger partial charge in [-0.05, 0) is 42.2 Å². The first-order chi connectivity index (χ1) is 16.5. The lowest BCUT2D eigenvalue weighted by molar-refractivity contribution is -0.130. The summed E-state index contributed by atoms with van der Waals surface area (Å²) in [6.45, 7) is 1.38. The van der Waals surface area contributed by atoms with Crippen molar-refractivity contribution in [2.75, 3.05) is 18.4 Å². The van der Waals surface area contributed by atoms with Crippen LogP contribution in [0.3, 0.4) is 0 Å². The number of carbonyl (C=O) groups excluding carboxylic acids is 2. The molecule has 7 heteroatoms. The van der Waals surface area contributed by atoms with E-state index >= 15 is 0 Å². The molecule has 0 radical (unpaired) electrons. The predicted molar refractivity (Wildman–Crippen MR) is 135 cm³/mol. The minimum atomic E-state index is -0.189. The molecule has 2 aromatic carbocycles. The molecule has 1 aliphatic heterocycles. The number of benzene rings is 2. The molecule has 1 N–H and O–H groups in total. The zero-order valence-electron chi connectivity index (χ0n) is 18.7. The number of nitrogens with one attached hydrogen (secondary N) is 1. The molecule has 174 valence electrons. The van der Waals surface area contributed by atoms with E-state index in [1.165, 1.54) is 10.6 Å². The topological polar surface area (TPSA) is 71.4 Å². The Morgan fingerprint density at radius 1 is 0.971 bits per heavy atom. The van der Waals surface area contributed by atoms with Crippen LogP contribution in [-0.2, 0) is 16.1 Å². The number of nitrogens with zero attached hydrogens (tertiary/aromatic N) is 2. The molecule has 2 amide bonds. The summed E-state index contributed by atoms with van der Waals surface area (Å²) in [5.74, 6) is -0.338. The zero-order valence-corrected chi connectivity index (χ0v) is 19.4. The lowest BCUT2D eigenvalue weighted by Gasteiger charge is -2.30. The molecule has 0 saturated carbocycles. The summed E-state index contributed by atoms with van der Waals surface area (Å²) in [5, 5.41) is 3.51. The van der Waals surface area contributed by atoms with E-state index in [2.05, 4.69) is 5.32 Å². The van der Waals surface area contributed by atoms with Crippen LogP contribution < -0.4 is 10.9 Å². The molecule has 1 aromatic heterocycles. The predicted octanol–water partition coefficient (Wildman–Crippen LogP) is 4.44. The SMILES string of the molecule is O=C(Nc1ccc(=O)n(Cc2ccccc2Cl)c1)C1CCN(C(=O)/C=C/c2ccccc2)CC1. The van der Waals surface area contributed by atoms with E-state index in [0.717, 1.165) is 11.1 Å². The number of halogens is 1. The molecule has 1 saturated heterocycles. The first-order valence-corrected chi connectivity index (χ1v) is 11.6. The van der Waals surface area contributed by atoms with Crippen LogP contribution in [0, 0.1) is 5.92 Å². The quantitative estimate of drug-likeness (QED) is 0.536. The minimum Gasteiger partial charge on any atom is -0.339 e. The zero-order chi connectivity index (χ0) is 23.9. The largest absolute Gasteiger partial charge is 0.339 e. The molecule has 2 heterocycles. The van der Waals surface area contributed by atoms with Crippen molar-refractivity contribution in [2.45, 2.75) is 19.4 Å². The Kier molecular flexibility index (Phi) is 7.60. The Labute approximate surface area is 203 Å². The number of anilines is 1. The van der Waals surface area contributed by atoms with Crippen LogP contribution in [0.2, 0.25) is 5.02 Å². The molecule has 1 fully saturated rings. The molecule has 0 atom stereocenters. The molecule has 0 unspecified atom stereocenters. The molecule has 0 spiro atoms. The van der Waals surface area contributed by atoms with Crippen LogP contribution in [0.4, 0.5) is 5.69 Å². The first-order valence-electron chi connectivity index (χ1n) is 11.3. The van der Waals surface area contributed by atoms with Crippen molar-refractivity contribution in [3.63, 3.8) is 0 Å². The number of likely N-dealkylation sites (tertiary alicyclic amines) is 1. The fourth-order valence-electron chi connectivity index (χ4n) is 3.98. The Balaban J connectivity index is 1.32. The Bertz CT molecular complexity index is 1250. The Morgan fingerprint density at radius 3 is 2.41 bits per heavy atom. The second kappa shape index (κ2) is 11.0. The Morgan fingerprint density at radius 2 is 1.68 bits per heavy atom. The van der Waals surface area contributed by atoms with Crippen molar-refractivity contribution in [1.29, 1.82) is 0 Å². The van der Waals surface area contributed by atoms with Gasteiger partial charge in [0.15, 0.2) is 0 Å². The van der Waals surface area contributed by atoms with Crippen molar-refractivity contribution in [3.8, 4) is 0 Å². The van der Waals surface area contributed by atoms with Gasteiger partial charge >= 0.3 is 0 Å². The van der Waals surface area contributed by atoms with Gasteiger partial charge < -0.3 is 14.8 Å². The third kappa shape index (κ3) is 6.02. The number of piperidine rings is 1. The summed E-state index contributed by atoms with van der Waals surface area (Å²) >= 11 is 6.22. The molecule has 3 aromatic rings. The molecule has 4 rings (SSSR count). The fraction of sp³-hybridized carbons (Fsp3) is 0.222. The van der Waals surface area contributed by atoms with Gasteiger partial charge in [-0.3, -0.25) is 14.4 Å². The molecule has 0 bridgehead atoms. The van der Waals surface area contributed by atoms with Crippen molar-refractivity contribution in [2.24, 2.45) is 5.92 Å². The molecule has 1 aliphatic rings. The van der Waals surface area contributed by atoms with Gasteiger partial charge in [-0.25, -0.2) is 0 Å². The number of pyridine rings is 1. The third-order valence-corrected chi connectivity index (χ3v) is 6.31. The fourth-order valence-corrected chi connectivity index (χ4v) is 4.18. The van der Waals surface area contributed by atoms with Crippen molar-refractivity contribution in [3.05, 3.63) is 106 Å². The monoisotopic (exact) mass is 475 g/mol. The number of amides is 2. The van der Waals surface area contributed by atoms with Crippen LogP contribution in [0.15, 0.2) is 83.8 Å². The van der Waals surface area contributed by atoms with Crippen LogP contribution in [0.5, 0.6) is 0 Å². The highest BCUT2D eigenvalue weighted by atomic mass is 35.5. The summed E-state index contributed by atoms with van der Waals surface area (Å²) < 4.78 is 1.52. The van der Waals surface area contributed by atoms with E-state index in [-0.39, 0.29) is 23.3 Å². The maximum Gasteiger partial charge on any atom is 0.250 e. The van der Waals surface area contributed by atoms with E-state index < -0.39 is 0 Å². The molecular formula is C27H26ClN3O3. The minimum absolute atomic E-state index is 0.0469. The van der Waals surface area contributed by atoms with E-state index in [1.54, 1.807) is 35.4 Å². The standard InChI is InChI=1S/C27H26ClN3O3/c28-24-9-5-4-8-22(24)18-31-19-23(11-13-26(31)33)29-27(34)21-14-16-30(17-15-21)25(32)12-10-20-6-2-1-3-7-20/h1-13,19,21H,14-18H2,(H,29,34)/b12-10+. The van der Waals surface area contributed by atoms with Crippen LogP contribution in [0.25, 0.3) is 6.08 Å². The smallest absolute Gasteiger partial charge is 0.250 e. The maximum atomic E-state index is 12.8. The van der Waals surface area contributed by atoms with Gasteiger partial charge in [0.1, 0.15) is 0 Å². The lowest BCUT2D eigenvalue weighted by Crippen LogP contribution is -2.40. The number of carbonyl (C=O) groups is 2. The van der Waals surface area contributed by atoms with Crippen molar-refractivity contribution >= 4 is 35.2 Å². The van der Waals surface area contributed by atoms with Gasteiger partial charge in [0.25, 0.3) is 5.56 Å². The third-order valence-electron chi connectivity index (χ3n) is 5.94. The lowest BCUT2D eigenvalue weighted by atomic mass is 9.95. The number of hydrogen-bond donors (Lipinski definition) is 1. The highest BCUT2D eigenvalue weighted by molar-refractivity contribution is 6.31. The maximum absolute atomic E-state index is 12.8. The number of hydrogen-bond acceptors (Lipinski definition) is 3. The average Bonchev–Trinajstić information content (AvgIpc) is 2.86. The van der Waals surface area contributed by atoms with Gasteiger partial charge in [0.2, 0.25) is 11.8 Å². The molecule has 6 nitrogen and oxygen atoms in total. The van der Waals surface area contributed by atoms with Crippen molar-refractivity contribution in [1.82, 2.24) is 9.47 Å². The summed E-state index contributed by atoms with van der Waals surface area (Å²) in [6, 6.07) is 20.1. The van der Waals surface area contributed by atoms with Gasteiger partial charge in [-0.2, -0.15) is 0 Å². The average molecular weight is 476 g/mol. The number of rotatable bonds is 6. The number of aromatic nitrogens is 1. The van der Waals surface area contributed by atoms with E-state index in [9.17, 15) is 14.4 Å². The van der Waals surface area contributed by atoms with Gasteiger partial charge in [-0.15, -0.1) is 0 Å². The van der Waals surface area contributed by atoms with Crippen LogP contribution >= 0.6 is 11.6 Å². The van der Waals surface area contributed by atoms with E-state index in [1.807, 2.05) is 48.5 Å². The van der Waals surface area contributed by atoms with Gasteiger partial charge in [-0.1, -0.05) is 60.1 Å². The Hall–Kier alpha value is -3.64. The molecular weight excluding hydrogens is 450 g/mol.